The molecule has 208 valence electrons. The van der Waals surface area contributed by atoms with Gasteiger partial charge in [-0.1, -0.05) is 52.3 Å². The number of rotatable bonds is 2. The van der Waals surface area contributed by atoms with Crippen LogP contribution in [0.25, 0.3) is 0 Å². The molecule has 1 aliphatic heterocycles. The van der Waals surface area contributed by atoms with Crippen molar-refractivity contribution in [1.82, 2.24) is 5.32 Å². The Morgan fingerprint density at radius 2 is 1.79 bits per heavy atom. The number of halogens is 4. The minimum absolute atomic E-state index is 0.00700. The van der Waals surface area contributed by atoms with Crippen molar-refractivity contribution in [2.24, 2.45) is 34.5 Å². The molecule has 0 radical (unpaired) electrons. The first-order valence-corrected chi connectivity index (χ1v) is 14.1. The lowest BCUT2D eigenvalue weighted by molar-refractivity contribution is -0.137. The Morgan fingerprint density at radius 1 is 1.08 bits per heavy atom. The van der Waals surface area contributed by atoms with Gasteiger partial charge in [-0.15, -0.1) is 0 Å². The molecule has 1 heterocycles. The van der Waals surface area contributed by atoms with Crippen molar-refractivity contribution >= 4 is 29.0 Å². The summed E-state index contributed by atoms with van der Waals surface area (Å²) in [6, 6.07) is 3.66. The van der Waals surface area contributed by atoms with Gasteiger partial charge >= 0.3 is 6.18 Å². The first-order chi connectivity index (χ1) is 17.6. The predicted molar refractivity (Wildman–Crippen MR) is 143 cm³/mol. The molecule has 2 saturated carbocycles. The van der Waals surface area contributed by atoms with Gasteiger partial charge in [-0.3, -0.25) is 9.59 Å². The van der Waals surface area contributed by atoms with E-state index >= 15 is 0 Å². The van der Waals surface area contributed by atoms with Gasteiger partial charge < -0.3 is 10.6 Å². The molecule has 8 heteroatoms. The first-order valence-electron chi connectivity index (χ1n) is 13.8. The van der Waals surface area contributed by atoms with Crippen LogP contribution >= 0.6 is 11.6 Å². The summed E-state index contributed by atoms with van der Waals surface area (Å²) in [7, 11) is 0. The van der Waals surface area contributed by atoms with Gasteiger partial charge in [-0.05, 0) is 78.4 Å². The van der Waals surface area contributed by atoms with Crippen LogP contribution in [0.4, 0.5) is 18.9 Å². The van der Waals surface area contributed by atoms with Gasteiger partial charge in [-0.25, -0.2) is 0 Å². The van der Waals surface area contributed by atoms with E-state index in [9.17, 15) is 22.8 Å². The Balaban J connectivity index is 1.41. The van der Waals surface area contributed by atoms with Crippen molar-refractivity contribution in [2.45, 2.75) is 84.7 Å². The molecule has 0 bridgehead atoms. The number of amides is 1. The molecule has 4 nitrogen and oxygen atoms in total. The smallest absolute Gasteiger partial charge is 0.386 e. The second-order valence-corrected chi connectivity index (χ2v) is 13.8. The molecule has 38 heavy (non-hydrogen) atoms. The summed E-state index contributed by atoms with van der Waals surface area (Å²) in [6.07, 6.45) is 0.210. The maximum Gasteiger partial charge on any atom is 0.416 e. The van der Waals surface area contributed by atoms with Gasteiger partial charge in [0.25, 0.3) is 0 Å². The number of hydrogen-bond donors (Lipinski definition) is 2. The van der Waals surface area contributed by atoms with E-state index in [0.29, 0.717) is 34.8 Å². The van der Waals surface area contributed by atoms with Gasteiger partial charge in [-0.2, -0.15) is 13.2 Å². The highest BCUT2D eigenvalue weighted by molar-refractivity contribution is 6.43. The molecule has 1 aromatic carbocycles. The van der Waals surface area contributed by atoms with Crippen molar-refractivity contribution < 1.29 is 22.8 Å². The second kappa shape index (κ2) is 9.00. The SMILES string of the molecule is CC(C)(C)c1ccc(C(F)(F)F)cc1NC(=O)[C@H]1CC[C@H]2[C@@H]3CNC4=C(Cl)C(=O)CC[C@]4(C)[C@H]3CC[C@]12C. The predicted octanol–water partition coefficient (Wildman–Crippen LogP) is 7.42. The number of Topliss-reactive ketones (excluding diaryl/α,β-unsaturated/α-hetero) is 1. The molecule has 3 aliphatic carbocycles. The number of carbonyl (C=O) groups is 2. The van der Waals surface area contributed by atoms with Gasteiger partial charge in [0.1, 0.15) is 5.03 Å². The van der Waals surface area contributed by atoms with Gasteiger partial charge in [0.2, 0.25) is 5.91 Å². The lowest BCUT2D eigenvalue weighted by atomic mass is 9.50. The van der Waals surface area contributed by atoms with Crippen molar-refractivity contribution in [2.75, 3.05) is 11.9 Å². The summed E-state index contributed by atoms with van der Waals surface area (Å²) < 4.78 is 40.6. The fraction of sp³-hybridized carbons (Fsp3) is 0.667. The number of anilines is 1. The summed E-state index contributed by atoms with van der Waals surface area (Å²) in [4.78, 5) is 26.1. The zero-order valence-corrected chi connectivity index (χ0v) is 23.6. The van der Waals surface area contributed by atoms with E-state index in [1.54, 1.807) is 0 Å². The third-order valence-corrected chi connectivity index (χ3v) is 10.8. The molecule has 2 N–H and O–H groups in total. The van der Waals surface area contributed by atoms with E-state index in [-0.39, 0.29) is 34.1 Å². The van der Waals surface area contributed by atoms with Crippen LogP contribution in [-0.4, -0.2) is 18.2 Å². The summed E-state index contributed by atoms with van der Waals surface area (Å²) in [5, 5.41) is 6.82. The van der Waals surface area contributed by atoms with Gasteiger partial charge in [0.15, 0.2) is 5.78 Å². The molecule has 1 amide bonds. The monoisotopic (exact) mass is 550 g/mol. The molecular weight excluding hydrogens is 513 g/mol. The van der Waals surface area contributed by atoms with E-state index in [1.807, 2.05) is 20.8 Å². The number of nitrogens with one attached hydrogen (secondary N) is 2. The van der Waals surface area contributed by atoms with Crippen LogP contribution < -0.4 is 10.6 Å². The minimum Gasteiger partial charge on any atom is -0.386 e. The Kier molecular flexibility index (Phi) is 6.53. The lowest BCUT2D eigenvalue weighted by Gasteiger charge is -2.58. The Bertz CT molecular complexity index is 1200. The van der Waals surface area contributed by atoms with Crippen molar-refractivity contribution in [3.8, 4) is 0 Å². The van der Waals surface area contributed by atoms with E-state index in [4.69, 9.17) is 11.6 Å². The number of alkyl halides is 3. The molecular formula is C30H38ClF3N2O2. The molecule has 0 aromatic heterocycles. The highest BCUT2D eigenvalue weighted by Crippen LogP contribution is 2.64. The summed E-state index contributed by atoms with van der Waals surface area (Å²) in [6.45, 7) is 11.0. The fourth-order valence-electron chi connectivity index (χ4n) is 8.36. The number of hydrogen-bond acceptors (Lipinski definition) is 3. The number of fused-ring (bicyclic) bond motifs is 5. The normalized spacial score (nSPS) is 35.2. The van der Waals surface area contributed by atoms with Crippen LogP contribution in [0, 0.1) is 34.5 Å². The van der Waals surface area contributed by atoms with Crippen molar-refractivity contribution in [3.05, 3.63) is 40.1 Å². The van der Waals surface area contributed by atoms with Gasteiger partial charge in [0.05, 0.1) is 5.56 Å². The van der Waals surface area contributed by atoms with Crippen LogP contribution in [0.1, 0.15) is 84.3 Å². The summed E-state index contributed by atoms with van der Waals surface area (Å²) in [5.74, 6) is 0.626. The largest absolute Gasteiger partial charge is 0.416 e. The molecule has 5 rings (SSSR count). The lowest BCUT2D eigenvalue weighted by Crippen LogP contribution is -2.57. The fourth-order valence-corrected chi connectivity index (χ4v) is 8.74. The molecule has 0 unspecified atom stereocenters. The number of ketones is 1. The molecule has 3 fully saturated rings. The number of carbonyl (C=O) groups excluding carboxylic acids is 2. The van der Waals surface area contributed by atoms with E-state index in [0.717, 1.165) is 56.5 Å². The minimum atomic E-state index is -4.48. The standard InChI is InChI=1S/C30H38ClF3N2O2/c1-27(2,3)20-7-6-16(30(32,33)34)14-22(20)36-26(38)21-9-8-18-17-15-35-25-24(31)23(37)11-13-29(25,5)19(17)10-12-28(18,21)4/h6-7,14,17-19,21,35H,8-13,15H2,1-5H3,(H,36,38)/t17-,18-,19-,21+,28-,29+/m0/s1. The average molecular weight is 551 g/mol. The Morgan fingerprint density at radius 3 is 2.45 bits per heavy atom. The quantitative estimate of drug-likeness (QED) is 0.403. The third-order valence-electron chi connectivity index (χ3n) is 10.4. The van der Waals surface area contributed by atoms with Crippen LogP contribution in [0.5, 0.6) is 0 Å². The topological polar surface area (TPSA) is 58.2 Å². The summed E-state index contributed by atoms with van der Waals surface area (Å²) in [5.41, 5.74) is 0.246. The highest BCUT2D eigenvalue weighted by Gasteiger charge is 2.61. The van der Waals surface area contributed by atoms with E-state index in [2.05, 4.69) is 24.5 Å². The first kappa shape index (κ1) is 27.5. The Labute approximate surface area is 228 Å². The summed E-state index contributed by atoms with van der Waals surface area (Å²) >= 11 is 6.47. The van der Waals surface area contributed by atoms with Crippen molar-refractivity contribution in [1.29, 1.82) is 0 Å². The van der Waals surface area contributed by atoms with Gasteiger partial charge in [0, 0.05) is 35.7 Å². The average Bonchev–Trinajstić information content (AvgIpc) is 3.18. The van der Waals surface area contributed by atoms with Crippen LogP contribution in [0.2, 0.25) is 0 Å². The third kappa shape index (κ3) is 4.28. The van der Waals surface area contributed by atoms with E-state index < -0.39 is 17.2 Å². The number of benzene rings is 1. The molecule has 1 aromatic rings. The van der Waals surface area contributed by atoms with Crippen LogP contribution in [-0.2, 0) is 21.2 Å². The maximum absolute atomic E-state index is 13.8. The molecule has 0 spiro atoms. The zero-order chi connectivity index (χ0) is 27.8. The number of allylic oxidation sites excluding steroid dienone is 2. The van der Waals surface area contributed by atoms with Crippen LogP contribution in [0.15, 0.2) is 28.9 Å². The van der Waals surface area contributed by atoms with Crippen molar-refractivity contribution in [3.63, 3.8) is 0 Å². The highest BCUT2D eigenvalue weighted by atomic mass is 35.5. The molecule has 6 atom stereocenters. The van der Waals surface area contributed by atoms with Crippen LogP contribution in [0.3, 0.4) is 0 Å². The maximum atomic E-state index is 13.8. The molecule has 4 aliphatic rings. The van der Waals surface area contributed by atoms with E-state index in [1.165, 1.54) is 6.07 Å². The zero-order valence-electron chi connectivity index (χ0n) is 22.8. The number of piperidine rings is 1. The second-order valence-electron chi connectivity index (χ2n) is 13.5. The Hall–Kier alpha value is -2.02. The molecule has 1 saturated heterocycles.